The number of hydrogen-bond acceptors (Lipinski definition) is 3. The van der Waals surface area contributed by atoms with E-state index in [-0.39, 0.29) is 6.61 Å². The van der Waals surface area contributed by atoms with Gasteiger partial charge in [-0.15, -0.1) is 0 Å². The van der Waals surface area contributed by atoms with E-state index in [2.05, 4.69) is 11.6 Å². The fourth-order valence-electron chi connectivity index (χ4n) is 1.96. The smallest absolute Gasteiger partial charge is 0.279 e. The molecule has 0 aliphatic heterocycles. The van der Waals surface area contributed by atoms with Gasteiger partial charge in [0.05, 0.1) is 0 Å². The summed E-state index contributed by atoms with van der Waals surface area (Å²) in [4.78, 5) is 25.4. The summed E-state index contributed by atoms with van der Waals surface area (Å²) >= 11 is 5.86. The molecule has 0 aromatic heterocycles. The van der Waals surface area contributed by atoms with E-state index in [9.17, 15) is 4.79 Å². The van der Waals surface area contributed by atoms with Crippen molar-refractivity contribution < 1.29 is 14.6 Å². The summed E-state index contributed by atoms with van der Waals surface area (Å²) in [5.74, 6) is -0.482. The molecule has 0 aliphatic carbocycles. The number of rotatable bonds is 6. The van der Waals surface area contributed by atoms with Gasteiger partial charge in [-0.2, -0.15) is 9.88 Å². The number of amides is 1. The molecular formula is C19H18ClNO3. The van der Waals surface area contributed by atoms with Gasteiger partial charge in [0, 0.05) is 10.6 Å². The fourth-order valence-corrected chi connectivity index (χ4v) is 2.17. The van der Waals surface area contributed by atoms with Crippen molar-refractivity contribution in [3.8, 4) is 0 Å². The Morgan fingerprint density at radius 3 is 2.71 bits per heavy atom. The van der Waals surface area contributed by atoms with Crippen LogP contribution in [0.25, 0.3) is 5.57 Å². The molecule has 0 heterocycles. The highest BCUT2D eigenvalue weighted by Gasteiger charge is 2.08. The molecule has 24 heavy (non-hydrogen) atoms. The third-order valence-electron chi connectivity index (χ3n) is 3.51. The van der Waals surface area contributed by atoms with Crippen LogP contribution in [0.15, 0.2) is 54.0 Å². The average molecular weight is 344 g/mol. The molecule has 0 radical (unpaired) electrons. The van der Waals surface area contributed by atoms with Gasteiger partial charge in [-0.3, -0.25) is 4.79 Å². The standard InChI is InChI=1S/C19H18ClNO3/c1-13-7-8-17(9-14(13)2)15(3)19(22)21-12-24-23-11-16-5-4-6-18(20)10-16/h4-10,12H,3,11H2,1-2H3. The second kappa shape index (κ2) is 8.43. The summed E-state index contributed by atoms with van der Waals surface area (Å²) in [5.41, 5.74) is 4.13. The molecule has 0 bridgehead atoms. The first-order valence-electron chi connectivity index (χ1n) is 7.33. The number of aryl methyl sites for hydroxylation is 2. The third kappa shape index (κ3) is 5.05. The van der Waals surface area contributed by atoms with E-state index < -0.39 is 5.91 Å². The largest absolute Gasteiger partial charge is 0.325 e. The predicted octanol–water partition coefficient (Wildman–Crippen LogP) is 4.67. The lowest BCUT2D eigenvalue weighted by Crippen LogP contribution is -2.00. The zero-order valence-corrected chi connectivity index (χ0v) is 14.3. The van der Waals surface area contributed by atoms with E-state index in [1.165, 1.54) is 0 Å². The van der Waals surface area contributed by atoms with Crippen molar-refractivity contribution in [2.45, 2.75) is 20.5 Å². The number of hydrogen-bond donors (Lipinski definition) is 0. The average Bonchev–Trinajstić information content (AvgIpc) is 2.56. The van der Waals surface area contributed by atoms with Crippen LogP contribution in [-0.2, 0) is 21.2 Å². The molecule has 4 nitrogen and oxygen atoms in total. The Morgan fingerprint density at radius 1 is 1.21 bits per heavy atom. The molecule has 2 aromatic rings. The van der Waals surface area contributed by atoms with Crippen molar-refractivity contribution in [2.75, 3.05) is 0 Å². The van der Waals surface area contributed by atoms with E-state index in [4.69, 9.17) is 21.4 Å². The van der Waals surface area contributed by atoms with Crippen LogP contribution in [0.5, 0.6) is 0 Å². The molecular weight excluding hydrogens is 326 g/mol. The normalized spacial score (nSPS) is 10.8. The topological polar surface area (TPSA) is 47.9 Å². The highest BCUT2D eigenvalue weighted by atomic mass is 35.5. The zero-order chi connectivity index (χ0) is 17.5. The molecule has 124 valence electrons. The number of halogens is 1. The van der Waals surface area contributed by atoms with Gasteiger partial charge in [0.2, 0.25) is 6.40 Å². The van der Waals surface area contributed by atoms with Crippen LogP contribution in [0.3, 0.4) is 0 Å². The maximum absolute atomic E-state index is 12.0. The predicted molar refractivity (Wildman–Crippen MR) is 95.8 cm³/mol. The van der Waals surface area contributed by atoms with E-state index in [1.54, 1.807) is 12.1 Å². The Kier molecular flexibility index (Phi) is 6.29. The van der Waals surface area contributed by atoms with Crippen molar-refractivity contribution >= 4 is 29.5 Å². The maximum Gasteiger partial charge on any atom is 0.279 e. The van der Waals surface area contributed by atoms with E-state index in [1.807, 2.05) is 44.2 Å². The number of benzene rings is 2. The monoisotopic (exact) mass is 343 g/mol. The molecule has 2 rings (SSSR count). The van der Waals surface area contributed by atoms with Crippen LogP contribution in [0.4, 0.5) is 0 Å². The fraction of sp³-hybridized carbons (Fsp3) is 0.158. The van der Waals surface area contributed by atoms with Crippen LogP contribution < -0.4 is 0 Å². The minimum Gasteiger partial charge on any atom is -0.325 e. The van der Waals surface area contributed by atoms with Crippen molar-refractivity contribution in [1.82, 2.24) is 0 Å². The Balaban J connectivity index is 1.84. The molecule has 1 amide bonds. The summed E-state index contributed by atoms with van der Waals surface area (Å²) in [6, 6.07) is 12.9. The van der Waals surface area contributed by atoms with Gasteiger partial charge >= 0.3 is 0 Å². The number of carbonyl (C=O) groups excluding carboxylic acids is 1. The lowest BCUT2D eigenvalue weighted by Gasteiger charge is -2.05. The van der Waals surface area contributed by atoms with Crippen molar-refractivity contribution in [1.29, 1.82) is 0 Å². The van der Waals surface area contributed by atoms with Crippen molar-refractivity contribution in [3.63, 3.8) is 0 Å². The highest BCUT2D eigenvalue weighted by molar-refractivity contribution is 6.30. The Bertz CT molecular complexity index is 784. The number of aliphatic imine (C=N–C) groups is 1. The summed E-state index contributed by atoms with van der Waals surface area (Å²) in [6.07, 6.45) is 0.957. The van der Waals surface area contributed by atoms with Gasteiger partial charge in [0.15, 0.2) is 0 Å². The Morgan fingerprint density at radius 2 is 2.00 bits per heavy atom. The van der Waals surface area contributed by atoms with Crippen LogP contribution in [0, 0.1) is 13.8 Å². The molecule has 0 saturated carbocycles. The van der Waals surface area contributed by atoms with Gasteiger partial charge in [0.1, 0.15) is 6.61 Å². The van der Waals surface area contributed by atoms with E-state index >= 15 is 0 Å². The molecule has 0 unspecified atom stereocenters. The van der Waals surface area contributed by atoms with Crippen molar-refractivity contribution in [2.24, 2.45) is 4.99 Å². The van der Waals surface area contributed by atoms with Gasteiger partial charge in [-0.05, 0) is 48.2 Å². The second-order valence-corrected chi connectivity index (χ2v) is 5.74. The minimum atomic E-state index is -0.482. The molecule has 0 saturated heterocycles. The van der Waals surface area contributed by atoms with Crippen LogP contribution in [-0.4, -0.2) is 12.3 Å². The summed E-state index contributed by atoms with van der Waals surface area (Å²) in [5, 5.41) is 0.615. The zero-order valence-electron chi connectivity index (χ0n) is 13.6. The number of carbonyl (C=O) groups is 1. The molecule has 0 fully saturated rings. The summed E-state index contributed by atoms with van der Waals surface area (Å²) in [7, 11) is 0. The van der Waals surface area contributed by atoms with Gasteiger partial charge in [0.25, 0.3) is 5.91 Å². The first-order valence-corrected chi connectivity index (χ1v) is 7.71. The highest BCUT2D eigenvalue weighted by Crippen LogP contribution is 2.18. The van der Waals surface area contributed by atoms with Crippen molar-refractivity contribution in [3.05, 3.63) is 76.3 Å². The number of nitrogens with zero attached hydrogens (tertiary/aromatic N) is 1. The van der Waals surface area contributed by atoms with E-state index in [0.29, 0.717) is 10.6 Å². The van der Waals surface area contributed by atoms with Crippen LogP contribution in [0.2, 0.25) is 5.02 Å². The quantitative estimate of drug-likeness (QED) is 0.191. The van der Waals surface area contributed by atoms with Gasteiger partial charge in [-0.25, -0.2) is 0 Å². The van der Waals surface area contributed by atoms with Gasteiger partial charge < -0.3 is 4.89 Å². The third-order valence-corrected chi connectivity index (χ3v) is 3.74. The molecule has 5 heteroatoms. The minimum absolute atomic E-state index is 0.193. The van der Waals surface area contributed by atoms with Crippen LogP contribution >= 0.6 is 11.6 Å². The van der Waals surface area contributed by atoms with Gasteiger partial charge in [-0.1, -0.05) is 48.5 Å². The first kappa shape index (κ1) is 17.9. The molecule has 0 aliphatic rings. The maximum atomic E-state index is 12.0. The Hall–Kier alpha value is -2.43. The summed E-state index contributed by atoms with van der Waals surface area (Å²) in [6.45, 7) is 7.96. The Labute approximate surface area is 146 Å². The molecule has 0 N–H and O–H groups in total. The van der Waals surface area contributed by atoms with E-state index in [0.717, 1.165) is 28.7 Å². The summed E-state index contributed by atoms with van der Waals surface area (Å²) < 4.78 is 0. The van der Waals surface area contributed by atoms with Crippen LogP contribution in [0.1, 0.15) is 22.3 Å². The molecule has 0 spiro atoms. The second-order valence-electron chi connectivity index (χ2n) is 5.31. The molecule has 0 atom stereocenters. The molecule has 2 aromatic carbocycles. The lowest BCUT2D eigenvalue weighted by molar-refractivity contribution is -0.227. The SMILES string of the molecule is C=C(C(=O)N=COOCc1cccc(Cl)c1)c1ccc(C)c(C)c1. The first-order chi connectivity index (χ1) is 11.5. The lowest BCUT2D eigenvalue weighted by atomic mass is 10.0.